The van der Waals surface area contributed by atoms with E-state index >= 15 is 0 Å². The molecule has 0 spiro atoms. The van der Waals surface area contributed by atoms with Crippen LogP contribution in [0.5, 0.6) is 0 Å². The first kappa shape index (κ1) is 17.5. The minimum Gasteiger partial charge on any atom is -0.337 e. The van der Waals surface area contributed by atoms with Crippen LogP contribution in [0.1, 0.15) is 40.8 Å². The third-order valence-electron chi connectivity index (χ3n) is 4.94. The van der Waals surface area contributed by atoms with E-state index in [0.29, 0.717) is 17.4 Å². The van der Waals surface area contributed by atoms with Crippen molar-refractivity contribution in [3.05, 3.63) is 59.2 Å². The highest BCUT2D eigenvalue weighted by atomic mass is 16.2. The molecule has 0 N–H and O–H groups in total. The Morgan fingerprint density at radius 3 is 2.64 bits per heavy atom. The number of hydrogen-bond acceptors (Lipinski definition) is 4. The van der Waals surface area contributed by atoms with Crippen molar-refractivity contribution >= 4 is 5.91 Å². The van der Waals surface area contributed by atoms with Crippen LogP contribution in [-0.2, 0) is 6.54 Å². The minimum atomic E-state index is 0.0475. The first-order chi connectivity index (χ1) is 12.0. The Labute approximate surface area is 149 Å². The van der Waals surface area contributed by atoms with Crippen molar-refractivity contribution in [1.29, 1.82) is 0 Å². The molecular weight excluding hydrogens is 312 g/mol. The van der Waals surface area contributed by atoms with Gasteiger partial charge in [-0.15, -0.1) is 0 Å². The second-order valence-corrected chi connectivity index (χ2v) is 6.80. The summed E-state index contributed by atoms with van der Waals surface area (Å²) in [4.78, 5) is 25.8. The lowest BCUT2D eigenvalue weighted by Gasteiger charge is -2.26. The van der Waals surface area contributed by atoms with Crippen LogP contribution in [0.2, 0.25) is 0 Å². The molecule has 5 nitrogen and oxygen atoms in total. The van der Waals surface area contributed by atoms with Gasteiger partial charge in [0.2, 0.25) is 0 Å². The monoisotopic (exact) mass is 338 g/mol. The fourth-order valence-corrected chi connectivity index (χ4v) is 3.33. The van der Waals surface area contributed by atoms with Crippen molar-refractivity contribution < 1.29 is 4.79 Å². The molecule has 1 aliphatic rings. The predicted molar refractivity (Wildman–Crippen MR) is 98.3 cm³/mol. The van der Waals surface area contributed by atoms with Gasteiger partial charge in [0.1, 0.15) is 5.82 Å². The zero-order valence-corrected chi connectivity index (χ0v) is 15.3. The van der Waals surface area contributed by atoms with Gasteiger partial charge < -0.3 is 4.90 Å². The maximum absolute atomic E-state index is 12.9. The van der Waals surface area contributed by atoms with E-state index in [9.17, 15) is 4.79 Å². The van der Waals surface area contributed by atoms with E-state index in [1.54, 1.807) is 6.20 Å². The first-order valence-electron chi connectivity index (χ1n) is 8.92. The summed E-state index contributed by atoms with van der Waals surface area (Å²) in [6.07, 6.45) is 2.64. The first-order valence-corrected chi connectivity index (χ1v) is 8.92. The van der Waals surface area contributed by atoms with Crippen molar-refractivity contribution in [2.45, 2.75) is 39.8 Å². The topological polar surface area (TPSA) is 49.3 Å². The molecule has 1 aliphatic heterocycles. The highest BCUT2D eigenvalue weighted by Gasteiger charge is 2.25. The number of aromatic nitrogens is 2. The Balaban J connectivity index is 1.68. The average molecular weight is 338 g/mol. The number of aryl methyl sites for hydroxylation is 2. The minimum absolute atomic E-state index is 0.0475. The zero-order chi connectivity index (χ0) is 17.8. The number of amides is 1. The number of benzene rings is 1. The van der Waals surface area contributed by atoms with E-state index in [2.05, 4.69) is 46.1 Å². The quantitative estimate of drug-likeness (QED) is 0.863. The number of carbonyl (C=O) groups excluding carboxylic acids is 1. The lowest BCUT2D eigenvalue weighted by Crippen LogP contribution is -2.36. The van der Waals surface area contributed by atoms with Gasteiger partial charge in [-0.2, -0.15) is 0 Å². The molecule has 1 aromatic heterocycles. The number of rotatable bonds is 3. The normalized spacial score (nSPS) is 18.8. The van der Waals surface area contributed by atoms with Crippen molar-refractivity contribution in [2.24, 2.45) is 0 Å². The summed E-state index contributed by atoms with van der Waals surface area (Å²) in [6.45, 7) is 9.30. The molecule has 0 radical (unpaired) electrons. The summed E-state index contributed by atoms with van der Waals surface area (Å²) in [7, 11) is 0. The van der Waals surface area contributed by atoms with Gasteiger partial charge in [-0.1, -0.05) is 30.3 Å². The molecule has 25 heavy (non-hydrogen) atoms. The standard InChI is InChI=1S/C20H26N4O/c1-15-9-10-23(20(25)19-13-21-17(3)22-16(19)2)11-12-24(15)14-18-7-5-4-6-8-18/h4-8,13,15H,9-12,14H2,1-3H3/t15-/m1/s1. The molecule has 0 aliphatic carbocycles. The van der Waals surface area contributed by atoms with Crippen LogP contribution >= 0.6 is 0 Å². The zero-order valence-electron chi connectivity index (χ0n) is 15.3. The van der Waals surface area contributed by atoms with Crippen LogP contribution in [0.25, 0.3) is 0 Å². The molecule has 1 amide bonds. The number of carbonyl (C=O) groups is 1. The third kappa shape index (κ3) is 4.23. The maximum Gasteiger partial charge on any atom is 0.257 e. The van der Waals surface area contributed by atoms with Crippen molar-refractivity contribution in [3.8, 4) is 0 Å². The van der Waals surface area contributed by atoms with Crippen LogP contribution in [0.4, 0.5) is 0 Å². The molecule has 3 rings (SSSR count). The molecule has 2 aromatic rings. The summed E-state index contributed by atoms with van der Waals surface area (Å²) in [5.74, 6) is 0.749. The summed E-state index contributed by atoms with van der Waals surface area (Å²) >= 11 is 0. The predicted octanol–water partition coefficient (Wildman–Crippen LogP) is 2.83. The molecule has 1 aromatic carbocycles. The smallest absolute Gasteiger partial charge is 0.257 e. The molecule has 0 saturated carbocycles. The fourth-order valence-electron chi connectivity index (χ4n) is 3.33. The van der Waals surface area contributed by atoms with Gasteiger partial charge in [0.25, 0.3) is 5.91 Å². The molecule has 0 bridgehead atoms. The lowest BCUT2D eigenvalue weighted by molar-refractivity contribution is 0.0759. The third-order valence-corrected chi connectivity index (χ3v) is 4.94. The summed E-state index contributed by atoms with van der Waals surface area (Å²) in [6, 6.07) is 11.0. The van der Waals surface area contributed by atoms with Crippen molar-refractivity contribution in [3.63, 3.8) is 0 Å². The van der Waals surface area contributed by atoms with Gasteiger partial charge in [-0.3, -0.25) is 9.69 Å². The van der Waals surface area contributed by atoms with Gasteiger partial charge in [0, 0.05) is 38.4 Å². The maximum atomic E-state index is 12.9. The lowest BCUT2D eigenvalue weighted by atomic mass is 10.1. The van der Waals surface area contributed by atoms with Crippen molar-refractivity contribution in [2.75, 3.05) is 19.6 Å². The fraction of sp³-hybridized carbons (Fsp3) is 0.450. The van der Waals surface area contributed by atoms with E-state index in [1.165, 1.54) is 5.56 Å². The Bertz CT molecular complexity index is 732. The van der Waals surface area contributed by atoms with Crippen molar-refractivity contribution in [1.82, 2.24) is 19.8 Å². The van der Waals surface area contributed by atoms with Crippen LogP contribution in [0.15, 0.2) is 36.5 Å². The molecule has 1 fully saturated rings. The summed E-state index contributed by atoms with van der Waals surface area (Å²) < 4.78 is 0. The molecular formula is C20H26N4O. The average Bonchev–Trinajstić information content (AvgIpc) is 2.78. The van der Waals surface area contributed by atoms with Gasteiger partial charge in [-0.25, -0.2) is 9.97 Å². The van der Waals surface area contributed by atoms with Crippen LogP contribution in [-0.4, -0.2) is 51.4 Å². The van der Waals surface area contributed by atoms with Gasteiger partial charge >= 0.3 is 0 Å². The molecule has 0 unspecified atom stereocenters. The second kappa shape index (κ2) is 7.74. The van der Waals surface area contributed by atoms with Gasteiger partial charge in [0.15, 0.2) is 0 Å². The van der Waals surface area contributed by atoms with E-state index in [4.69, 9.17) is 0 Å². The van der Waals surface area contributed by atoms with Crippen LogP contribution < -0.4 is 0 Å². The largest absolute Gasteiger partial charge is 0.337 e. The SMILES string of the molecule is Cc1ncc(C(=O)N2CC[C@@H](C)N(Cc3ccccc3)CC2)c(C)n1. The van der Waals surface area contributed by atoms with Gasteiger partial charge in [0.05, 0.1) is 11.3 Å². The molecule has 1 atom stereocenters. The second-order valence-electron chi connectivity index (χ2n) is 6.80. The highest BCUT2D eigenvalue weighted by Crippen LogP contribution is 2.17. The van der Waals surface area contributed by atoms with E-state index in [-0.39, 0.29) is 5.91 Å². The Morgan fingerprint density at radius 2 is 1.92 bits per heavy atom. The van der Waals surface area contributed by atoms with Crippen LogP contribution in [0.3, 0.4) is 0 Å². The molecule has 132 valence electrons. The molecule has 2 heterocycles. The Morgan fingerprint density at radius 1 is 1.16 bits per heavy atom. The summed E-state index contributed by atoms with van der Waals surface area (Å²) in [5.41, 5.74) is 2.70. The Hall–Kier alpha value is -2.27. The number of nitrogens with zero attached hydrogens (tertiary/aromatic N) is 4. The van der Waals surface area contributed by atoms with E-state index < -0.39 is 0 Å². The van der Waals surface area contributed by atoms with E-state index in [1.807, 2.05) is 24.8 Å². The molecule has 1 saturated heterocycles. The summed E-state index contributed by atoms with van der Waals surface area (Å²) in [5, 5.41) is 0. The Kier molecular flexibility index (Phi) is 5.43. The van der Waals surface area contributed by atoms with E-state index in [0.717, 1.165) is 38.3 Å². The molecule has 5 heteroatoms. The number of hydrogen-bond donors (Lipinski definition) is 0. The van der Waals surface area contributed by atoms with Gasteiger partial charge in [-0.05, 0) is 32.8 Å². The highest BCUT2D eigenvalue weighted by molar-refractivity contribution is 5.94. The van der Waals surface area contributed by atoms with Crippen LogP contribution in [0, 0.1) is 13.8 Å².